The van der Waals surface area contributed by atoms with E-state index in [0.717, 1.165) is 0 Å². The summed E-state index contributed by atoms with van der Waals surface area (Å²) in [5.74, 6) is -0.672. The van der Waals surface area contributed by atoms with E-state index in [2.05, 4.69) is 14.6 Å². The van der Waals surface area contributed by atoms with Crippen molar-refractivity contribution in [3.63, 3.8) is 0 Å². The Balaban J connectivity index is 1.99. The third-order valence-corrected chi connectivity index (χ3v) is 8.03. The van der Waals surface area contributed by atoms with Gasteiger partial charge in [0, 0.05) is 0 Å². The van der Waals surface area contributed by atoms with E-state index >= 15 is 0 Å². The summed E-state index contributed by atoms with van der Waals surface area (Å²) in [4.78, 5) is 11.9. The zero-order valence-electron chi connectivity index (χ0n) is 15.7. The lowest BCUT2D eigenvalue weighted by Crippen LogP contribution is -2.18. The molecule has 1 aliphatic heterocycles. The lowest BCUT2D eigenvalue weighted by molar-refractivity contribution is 0.0602. The molecule has 1 saturated heterocycles. The normalized spacial score (nSPS) is 18.8. The third kappa shape index (κ3) is 3.76. The molecule has 0 saturated carbocycles. The van der Waals surface area contributed by atoms with Crippen molar-refractivity contribution in [1.82, 2.24) is 9.78 Å². The summed E-state index contributed by atoms with van der Waals surface area (Å²) in [7, 11) is -6.00. The van der Waals surface area contributed by atoms with E-state index in [4.69, 9.17) is 0 Å². The van der Waals surface area contributed by atoms with Gasteiger partial charge in [-0.3, -0.25) is 9.40 Å². The van der Waals surface area contributed by atoms with Crippen LogP contribution in [-0.4, -0.2) is 51.2 Å². The third-order valence-electron chi connectivity index (χ3n) is 4.66. The molecule has 1 fully saturated rings. The number of anilines is 1. The van der Waals surface area contributed by atoms with Crippen LogP contribution in [0.1, 0.15) is 34.2 Å². The molecule has 1 aliphatic rings. The van der Waals surface area contributed by atoms with Gasteiger partial charge in [0.15, 0.2) is 9.84 Å². The number of nitrogens with zero attached hydrogens (tertiary/aromatic N) is 2. The molecular formula is C17H21N3O6S2. The summed E-state index contributed by atoms with van der Waals surface area (Å²) in [6.45, 7) is 3.14. The fourth-order valence-electron chi connectivity index (χ4n) is 3.42. The van der Waals surface area contributed by atoms with Gasteiger partial charge in [-0.25, -0.2) is 21.6 Å². The molecule has 2 heterocycles. The van der Waals surface area contributed by atoms with Crippen molar-refractivity contribution in [2.24, 2.45) is 0 Å². The second-order valence-electron chi connectivity index (χ2n) is 6.64. The zero-order chi connectivity index (χ0) is 20.7. The van der Waals surface area contributed by atoms with Crippen molar-refractivity contribution in [3.8, 4) is 0 Å². The van der Waals surface area contributed by atoms with Crippen molar-refractivity contribution in [2.45, 2.75) is 31.2 Å². The van der Waals surface area contributed by atoms with E-state index in [1.54, 1.807) is 26.0 Å². The predicted octanol–water partition coefficient (Wildman–Crippen LogP) is 1.45. The van der Waals surface area contributed by atoms with Gasteiger partial charge in [0.2, 0.25) is 0 Å². The molecule has 9 nitrogen and oxygen atoms in total. The first kappa shape index (κ1) is 20.3. The van der Waals surface area contributed by atoms with Gasteiger partial charge in [-0.15, -0.1) is 0 Å². The van der Waals surface area contributed by atoms with Crippen LogP contribution >= 0.6 is 0 Å². The summed E-state index contributed by atoms with van der Waals surface area (Å²) >= 11 is 0. The Morgan fingerprint density at radius 1 is 1.29 bits per heavy atom. The average Bonchev–Trinajstić information content (AvgIpc) is 3.13. The van der Waals surface area contributed by atoms with Crippen LogP contribution in [0.3, 0.4) is 0 Å². The van der Waals surface area contributed by atoms with E-state index in [0.29, 0.717) is 12.1 Å². The Labute approximate surface area is 163 Å². The summed E-state index contributed by atoms with van der Waals surface area (Å²) < 4.78 is 58.2. The number of rotatable bonds is 5. The molecule has 1 atom stereocenters. The molecule has 0 unspecified atom stereocenters. The van der Waals surface area contributed by atoms with Crippen molar-refractivity contribution in [3.05, 3.63) is 41.2 Å². The number of carbonyl (C=O) groups is 1. The highest BCUT2D eigenvalue weighted by Crippen LogP contribution is 2.30. The largest absolute Gasteiger partial charge is 0.465 e. The number of carbonyl (C=O) groups excluding carboxylic acids is 1. The van der Waals surface area contributed by atoms with Gasteiger partial charge in [0.05, 0.1) is 47.3 Å². The number of esters is 1. The van der Waals surface area contributed by atoms with Crippen molar-refractivity contribution in [2.75, 3.05) is 23.3 Å². The molecule has 0 radical (unpaired) electrons. The fraction of sp³-hybridized carbons (Fsp3) is 0.412. The van der Waals surface area contributed by atoms with Crippen molar-refractivity contribution >= 4 is 31.5 Å². The predicted molar refractivity (Wildman–Crippen MR) is 103 cm³/mol. The number of sulfone groups is 1. The van der Waals surface area contributed by atoms with Gasteiger partial charge >= 0.3 is 5.97 Å². The minimum absolute atomic E-state index is 0.0310. The lowest BCUT2D eigenvalue weighted by atomic mass is 10.2. The van der Waals surface area contributed by atoms with Crippen LogP contribution in [0, 0.1) is 13.8 Å². The van der Waals surface area contributed by atoms with Gasteiger partial charge in [0.25, 0.3) is 10.0 Å². The molecule has 1 N–H and O–H groups in total. The first-order valence-corrected chi connectivity index (χ1v) is 11.8. The van der Waals surface area contributed by atoms with Gasteiger partial charge in [-0.2, -0.15) is 5.10 Å². The van der Waals surface area contributed by atoms with Crippen LogP contribution in [-0.2, 0) is 24.6 Å². The Hall–Kier alpha value is -2.40. The second-order valence-corrected chi connectivity index (χ2v) is 10.5. The number of benzene rings is 1. The molecule has 2 aromatic rings. The maximum absolute atomic E-state index is 13.0. The smallest absolute Gasteiger partial charge is 0.339 e. The maximum Gasteiger partial charge on any atom is 0.339 e. The Bertz CT molecular complexity index is 1140. The molecule has 0 spiro atoms. The van der Waals surface area contributed by atoms with Crippen LogP contribution in [0.2, 0.25) is 0 Å². The maximum atomic E-state index is 13.0. The molecule has 152 valence electrons. The zero-order valence-corrected chi connectivity index (χ0v) is 17.3. The summed E-state index contributed by atoms with van der Waals surface area (Å²) in [5, 5.41) is 4.28. The van der Waals surface area contributed by atoms with Crippen LogP contribution in [0.25, 0.3) is 0 Å². The standard InChI is InChI=1S/C17H21N3O6S2/c1-11-16(12(2)20(18-11)13-8-9-27(22,23)10-13)28(24,25)19-15-7-5-4-6-14(15)17(21)26-3/h4-7,13,19H,8-10H2,1-3H3/t13-/m0/s1. The average molecular weight is 428 g/mol. The number of sulfonamides is 1. The number of nitrogens with one attached hydrogen (secondary N) is 1. The molecule has 1 aromatic heterocycles. The molecule has 28 heavy (non-hydrogen) atoms. The summed E-state index contributed by atoms with van der Waals surface area (Å²) in [6, 6.07) is 5.71. The quantitative estimate of drug-likeness (QED) is 0.716. The number of para-hydroxylation sites is 1. The second kappa shape index (κ2) is 7.21. The minimum Gasteiger partial charge on any atom is -0.465 e. The molecular weight excluding hydrogens is 406 g/mol. The minimum atomic E-state index is -4.07. The number of ether oxygens (including phenoxy) is 1. The van der Waals surface area contributed by atoms with Crippen molar-refractivity contribution in [1.29, 1.82) is 0 Å². The SMILES string of the molecule is COC(=O)c1ccccc1NS(=O)(=O)c1c(C)nn([C@H]2CCS(=O)(=O)C2)c1C. The fourth-order valence-corrected chi connectivity index (χ4v) is 6.59. The molecule has 3 rings (SSSR count). The van der Waals surface area contributed by atoms with E-state index in [1.807, 2.05) is 0 Å². The van der Waals surface area contributed by atoms with Crippen molar-refractivity contribution < 1.29 is 26.4 Å². The Morgan fingerprint density at radius 2 is 1.96 bits per heavy atom. The van der Waals surface area contributed by atoms with Crippen LogP contribution in [0.15, 0.2) is 29.2 Å². The van der Waals surface area contributed by atoms with E-state index < -0.39 is 31.9 Å². The molecule has 1 aromatic carbocycles. The highest BCUT2D eigenvalue weighted by Gasteiger charge is 2.34. The summed E-state index contributed by atoms with van der Waals surface area (Å²) in [5.41, 5.74) is 0.773. The van der Waals surface area contributed by atoms with Crippen LogP contribution < -0.4 is 4.72 Å². The molecule has 0 bridgehead atoms. The Kier molecular flexibility index (Phi) is 5.24. The highest BCUT2D eigenvalue weighted by molar-refractivity contribution is 7.93. The van der Waals surface area contributed by atoms with Gasteiger partial charge in [-0.1, -0.05) is 12.1 Å². The van der Waals surface area contributed by atoms with E-state index in [9.17, 15) is 21.6 Å². The van der Waals surface area contributed by atoms with Crippen LogP contribution in [0.4, 0.5) is 5.69 Å². The van der Waals surface area contributed by atoms with E-state index in [-0.39, 0.29) is 33.3 Å². The first-order valence-electron chi connectivity index (χ1n) is 8.52. The molecule has 0 amide bonds. The number of hydrogen-bond donors (Lipinski definition) is 1. The number of aryl methyl sites for hydroxylation is 1. The highest BCUT2D eigenvalue weighted by atomic mass is 32.2. The van der Waals surface area contributed by atoms with Gasteiger partial charge < -0.3 is 4.74 Å². The van der Waals surface area contributed by atoms with E-state index in [1.165, 1.54) is 23.9 Å². The topological polar surface area (TPSA) is 124 Å². The molecule has 11 heteroatoms. The number of aromatic nitrogens is 2. The monoisotopic (exact) mass is 427 g/mol. The molecule has 0 aliphatic carbocycles. The van der Waals surface area contributed by atoms with Gasteiger partial charge in [0.1, 0.15) is 4.90 Å². The number of methoxy groups -OCH3 is 1. The number of hydrogen-bond acceptors (Lipinski definition) is 7. The van der Waals surface area contributed by atoms with Gasteiger partial charge in [-0.05, 0) is 32.4 Å². The Morgan fingerprint density at radius 3 is 2.57 bits per heavy atom. The lowest BCUT2D eigenvalue weighted by Gasteiger charge is -2.13. The first-order chi connectivity index (χ1) is 13.1. The summed E-state index contributed by atoms with van der Waals surface area (Å²) in [6.07, 6.45) is 0.391. The van der Waals surface area contributed by atoms with Crippen LogP contribution in [0.5, 0.6) is 0 Å².